The van der Waals surface area contributed by atoms with Crippen molar-refractivity contribution >= 4 is 30.7 Å². The van der Waals surface area contributed by atoms with E-state index in [0.29, 0.717) is 5.92 Å². The van der Waals surface area contributed by atoms with Crippen LogP contribution >= 0.6 is 24.8 Å². The number of amides is 1. The molecule has 4 nitrogen and oxygen atoms in total. The Bertz CT molecular complexity index is 529. The predicted molar refractivity (Wildman–Crippen MR) is 117 cm³/mol. The zero-order valence-electron chi connectivity index (χ0n) is 16.4. The van der Waals surface area contributed by atoms with Crippen LogP contribution in [-0.2, 0) is 11.2 Å². The van der Waals surface area contributed by atoms with Gasteiger partial charge in [0.15, 0.2) is 0 Å². The number of piperidine rings is 2. The largest absolute Gasteiger partial charge is 0.354 e. The van der Waals surface area contributed by atoms with E-state index in [-0.39, 0.29) is 36.8 Å². The van der Waals surface area contributed by atoms with Gasteiger partial charge in [-0.1, -0.05) is 30.3 Å². The van der Waals surface area contributed by atoms with Crippen LogP contribution in [-0.4, -0.2) is 49.6 Å². The summed E-state index contributed by atoms with van der Waals surface area (Å²) in [7, 11) is 0. The number of rotatable bonds is 6. The minimum Gasteiger partial charge on any atom is -0.354 e. The molecule has 2 N–H and O–H groups in total. The molecule has 27 heavy (non-hydrogen) atoms. The Labute approximate surface area is 176 Å². The highest BCUT2D eigenvalue weighted by atomic mass is 35.5. The monoisotopic (exact) mass is 415 g/mol. The first-order valence-corrected chi connectivity index (χ1v) is 9.99. The summed E-state index contributed by atoms with van der Waals surface area (Å²) in [5.41, 5.74) is 1.44. The van der Waals surface area contributed by atoms with Gasteiger partial charge in [-0.15, -0.1) is 24.8 Å². The Kier molecular flexibility index (Phi) is 11.3. The molecule has 154 valence electrons. The van der Waals surface area contributed by atoms with Gasteiger partial charge in [0.1, 0.15) is 0 Å². The smallest absolute Gasteiger partial charge is 0.237 e. The molecule has 2 saturated heterocycles. The third-order valence-corrected chi connectivity index (χ3v) is 5.91. The first-order chi connectivity index (χ1) is 12.2. The molecule has 0 saturated carbocycles. The Balaban J connectivity index is 0.00000182. The molecule has 1 aromatic carbocycles. The minimum absolute atomic E-state index is 0. The molecule has 2 atom stereocenters. The maximum Gasteiger partial charge on any atom is 0.237 e. The molecular formula is C21H35Cl2N3O. The molecule has 2 fully saturated rings. The van der Waals surface area contributed by atoms with Crippen LogP contribution in [0.3, 0.4) is 0 Å². The average Bonchev–Trinajstić information content (AvgIpc) is 2.68. The van der Waals surface area contributed by atoms with Gasteiger partial charge in [-0.25, -0.2) is 0 Å². The topological polar surface area (TPSA) is 44.4 Å². The van der Waals surface area contributed by atoms with E-state index in [0.717, 1.165) is 38.6 Å². The van der Waals surface area contributed by atoms with Crippen molar-refractivity contribution in [1.29, 1.82) is 0 Å². The zero-order chi connectivity index (χ0) is 17.5. The summed E-state index contributed by atoms with van der Waals surface area (Å²) in [6.07, 6.45) is 6.01. The second-order valence-electron chi connectivity index (χ2n) is 7.80. The van der Waals surface area contributed by atoms with Crippen LogP contribution < -0.4 is 10.6 Å². The highest BCUT2D eigenvalue weighted by Gasteiger charge is 2.27. The first kappa shape index (κ1) is 24.2. The van der Waals surface area contributed by atoms with E-state index in [1.807, 2.05) is 0 Å². The van der Waals surface area contributed by atoms with Gasteiger partial charge in [0.2, 0.25) is 5.91 Å². The van der Waals surface area contributed by atoms with E-state index in [1.54, 1.807) is 0 Å². The molecule has 2 aliphatic rings. The number of likely N-dealkylation sites (tertiary alicyclic amines) is 1. The number of benzene rings is 1. The van der Waals surface area contributed by atoms with Crippen LogP contribution in [0.5, 0.6) is 0 Å². The van der Waals surface area contributed by atoms with E-state index in [9.17, 15) is 4.79 Å². The molecule has 1 amide bonds. The van der Waals surface area contributed by atoms with Crippen LogP contribution in [0.2, 0.25) is 0 Å². The third-order valence-electron chi connectivity index (χ3n) is 5.91. The van der Waals surface area contributed by atoms with Crippen molar-refractivity contribution in [3.8, 4) is 0 Å². The molecule has 0 aromatic heterocycles. The number of hydrogen-bond donors (Lipinski definition) is 2. The van der Waals surface area contributed by atoms with Gasteiger partial charge in [-0.05, 0) is 82.6 Å². The highest BCUT2D eigenvalue weighted by molar-refractivity contribution is 5.85. The number of nitrogens with one attached hydrogen (secondary N) is 2. The van der Waals surface area contributed by atoms with E-state index >= 15 is 0 Å². The molecular weight excluding hydrogens is 381 g/mol. The molecule has 0 bridgehead atoms. The highest BCUT2D eigenvalue weighted by Crippen LogP contribution is 2.23. The Hall–Kier alpha value is -0.810. The molecule has 0 radical (unpaired) electrons. The van der Waals surface area contributed by atoms with E-state index in [4.69, 9.17) is 0 Å². The fraction of sp³-hybridized carbons (Fsp3) is 0.667. The fourth-order valence-electron chi connectivity index (χ4n) is 4.15. The molecule has 2 heterocycles. The molecule has 2 aliphatic heterocycles. The fourth-order valence-corrected chi connectivity index (χ4v) is 4.15. The van der Waals surface area contributed by atoms with Crippen LogP contribution in [0.15, 0.2) is 30.3 Å². The van der Waals surface area contributed by atoms with Crippen LogP contribution in [0.25, 0.3) is 0 Å². The van der Waals surface area contributed by atoms with Crippen molar-refractivity contribution < 1.29 is 4.79 Å². The lowest BCUT2D eigenvalue weighted by molar-refractivity contribution is -0.126. The molecule has 0 spiro atoms. The van der Waals surface area contributed by atoms with Gasteiger partial charge < -0.3 is 10.6 Å². The normalized spacial score (nSPS) is 22.2. The summed E-state index contributed by atoms with van der Waals surface area (Å²) >= 11 is 0. The predicted octanol–water partition coefficient (Wildman–Crippen LogP) is 3.29. The number of hydrogen-bond acceptors (Lipinski definition) is 3. The van der Waals surface area contributed by atoms with Crippen molar-refractivity contribution in [3.05, 3.63) is 35.9 Å². The van der Waals surface area contributed by atoms with Gasteiger partial charge in [0.25, 0.3) is 0 Å². The van der Waals surface area contributed by atoms with Gasteiger partial charge in [0, 0.05) is 6.54 Å². The van der Waals surface area contributed by atoms with E-state index in [1.165, 1.54) is 37.7 Å². The van der Waals surface area contributed by atoms with E-state index in [2.05, 4.69) is 52.8 Å². The van der Waals surface area contributed by atoms with Crippen LogP contribution in [0, 0.1) is 11.8 Å². The second kappa shape index (κ2) is 12.6. The number of halogens is 2. The van der Waals surface area contributed by atoms with Gasteiger partial charge in [-0.3, -0.25) is 9.69 Å². The quantitative estimate of drug-likeness (QED) is 0.748. The molecule has 6 heteroatoms. The lowest BCUT2D eigenvalue weighted by atomic mass is 9.89. The van der Waals surface area contributed by atoms with Crippen molar-refractivity contribution in [2.75, 3.05) is 32.7 Å². The summed E-state index contributed by atoms with van der Waals surface area (Å²) in [6.45, 7) is 7.12. The van der Waals surface area contributed by atoms with Gasteiger partial charge >= 0.3 is 0 Å². The van der Waals surface area contributed by atoms with E-state index < -0.39 is 0 Å². The number of nitrogens with zero attached hydrogens (tertiary/aromatic N) is 1. The molecule has 1 aromatic rings. The first-order valence-electron chi connectivity index (χ1n) is 9.99. The lowest BCUT2D eigenvalue weighted by Gasteiger charge is -2.35. The minimum atomic E-state index is -0.00535. The zero-order valence-corrected chi connectivity index (χ0v) is 18.0. The SMILES string of the molecule is CC(C(=O)NCC1CCCNC1)N1CCC(Cc2ccccc2)CC1.Cl.Cl. The van der Waals surface area contributed by atoms with Crippen molar-refractivity contribution in [1.82, 2.24) is 15.5 Å². The van der Waals surface area contributed by atoms with Crippen molar-refractivity contribution in [2.24, 2.45) is 11.8 Å². The molecule has 0 aliphatic carbocycles. The number of carbonyl (C=O) groups is 1. The number of carbonyl (C=O) groups excluding carboxylic acids is 1. The van der Waals surface area contributed by atoms with Crippen molar-refractivity contribution in [2.45, 2.75) is 45.1 Å². The van der Waals surface area contributed by atoms with Gasteiger partial charge in [0.05, 0.1) is 6.04 Å². The van der Waals surface area contributed by atoms with Crippen molar-refractivity contribution in [3.63, 3.8) is 0 Å². The Morgan fingerprint density at radius 3 is 2.48 bits per heavy atom. The van der Waals surface area contributed by atoms with Crippen LogP contribution in [0.1, 0.15) is 38.2 Å². The molecule has 3 rings (SSSR count). The van der Waals surface area contributed by atoms with Crippen LogP contribution in [0.4, 0.5) is 0 Å². The summed E-state index contributed by atoms with van der Waals surface area (Å²) in [5.74, 6) is 1.55. The summed E-state index contributed by atoms with van der Waals surface area (Å²) in [5, 5.41) is 6.59. The summed E-state index contributed by atoms with van der Waals surface area (Å²) < 4.78 is 0. The molecule has 2 unspecified atom stereocenters. The Morgan fingerprint density at radius 2 is 1.85 bits per heavy atom. The van der Waals surface area contributed by atoms with Gasteiger partial charge in [-0.2, -0.15) is 0 Å². The standard InChI is InChI=1S/C21H33N3O.2ClH/c1-17(21(25)23-16-20-8-5-11-22-15-20)24-12-9-19(10-13-24)14-18-6-3-2-4-7-18;;/h2-4,6-7,17,19-20,22H,5,8-16H2,1H3,(H,23,25);2*1H. The Morgan fingerprint density at radius 1 is 1.15 bits per heavy atom. The maximum absolute atomic E-state index is 12.5. The third kappa shape index (κ3) is 7.61. The summed E-state index contributed by atoms with van der Waals surface area (Å²) in [6, 6.07) is 10.8. The average molecular weight is 416 g/mol. The maximum atomic E-state index is 12.5. The lowest BCUT2D eigenvalue weighted by Crippen LogP contribution is -2.49. The summed E-state index contributed by atoms with van der Waals surface area (Å²) in [4.78, 5) is 14.8. The second-order valence-corrected chi connectivity index (χ2v) is 7.80.